The van der Waals surface area contributed by atoms with E-state index in [9.17, 15) is 13.2 Å². The lowest BCUT2D eigenvalue weighted by Crippen LogP contribution is -2.51. The molecular weight excluding hydrogens is 316 g/mol. The highest BCUT2D eigenvalue weighted by Crippen LogP contribution is 2.25. The van der Waals surface area contributed by atoms with Gasteiger partial charge in [0.25, 0.3) is 0 Å². The second kappa shape index (κ2) is 6.49. The van der Waals surface area contributed by atoms with E-state index in [1.54, 1.807) is 4.90 Å². The molecule has 0 unspecified atom stereocenters. The third-order valence-electron chi connectivity index (χ3n) is 3.56. The number of nitrogens with zero attached hydrogens (tertiary/aromatic N) is 1. The summed E-state index contributed by atoms with van der Waals surface area (Å²) in [7, 11) is -3.31. The van der Waals surface area contributed by atoms with Crippen molar-refractivity contribution in [2.24, 2.45) is 0 Å². The van der Waals surface area contributed by atoms with Crippen molar-refractivity contribution < 1.29 is 17.9 Å². The van der Waals surface area contributed by atoms with Crippen LogP contribution in [0.2, 0.25) is 0 Å². The lowest BCUT2D eigenvalue weighted by molar-refractivity contribution is 0.0124. The first-order valence-electron chi connectivity index (χ1n) is 7.56. The number of carbonyl (C=O) groups is 1. The standard InChI is InChI=1S/C16H24N2O4S/c1-16(2,3)22-15(19)18-11-13-8-6-5-7-12(13)9-14(18)10-17-23(4,20)21/h5-8,14,17H,9-11H2,1-4H3/t14-/m0/s1. The average Bonchev–Trinajstić information content (AvgIpc) is 2.41. The topological polar surface area (TPSA) is 75.7 Å². The van der Waals surface area contributed by atoms with E-state index >= 15 is 0 Å². The van der Waals surface area contributed by atoms with Gasteiger partial charge in [-0.1, -0.05) is 24.3 Å². The van der Waals surface area contributed by atoms with Crippen LogP contribution in [0.5, 0.6) is 0 Å². The zero-order valence-corrected chi connectivity index (χ0v) is 14.8. The molecule has 1 heterocycles. The molecule has 0 aromatic heterocycles. The first-order chi connectivity index (χ1) is 10.6. The van der Waals surface area contributed by atoms with Crippen LogP contribution in [-0.2, 0) is 27.7 Å². The summed E-state index contributed by atoms with van der Waals surface area (Å²) in [6.45, 7) is 6.03. The van der Waals surface area contributed by atoms with Gasteiger partial charge >= 0.3 is 6.09 Å². The normalized spacial score (nSPS) is 18.4. The molecule has 0 bridgehead atoms. The van der Waals surface area contributed by atoms with Crippen molar-refractivity contribution in [3.63, 3.8) is 0 Å². The van der Waals surface area contributed by atoms with Crippen LogP contribution in [0.25, 0.3) is 0 Å². The fourth-order valence-corrected chi connectivity index (χ4v) is 3.05. The maximum absolute atomic E-state index is 12.5. The number of benzene rings is 1. The highest BCUT2D eigenvalue weighted by Gasteiger charge is 2.33. The van der Waals surface area contributed by atoms with Crippen molar-refractivity contribution in [1.29, 1.82) is 0 Å². The second-order valence-corrected chi connectivity index (χ2v) is 8.69. The fraction of sp³-hybridized carbons (Fsp3) is 0.562. The van der Waals surface area contributed by atoms with Crippen LogP contribution in [0.3, 0.4) is 0 Å². The number of rotatable bonds is 3. The van der Waals surface area contributed by atoms with Gasteiger partial charge in [-0.05, 0) is 38.3 Å². The molecule has 1 aromatic rings. The number of ether oxygens (including phenoxy) is 1. The van der Waals surface area contributed by atoms with Crippen LogP contribution < -0.4 is 4.72 Å². The quantitative estimate of drug-likeness (QED) is 0.912. The van der Waals surface area contributed by atoms with Gasteiger partial charge in [-0.3, -0.25) is 4.90 Å². The summed E-state index contributed by atoms with van der Waals surface area (Å²) in [4.78, 5) is 14.1. The van der Waals surface area contributed by atoms with E-state index in [-0.39, 0.29) is 12.6 Å². The summed E-state index contributed by atoms with van der Waals surface area (Å²) >= 11 is 0. The minimum atomic E-state index is -3.31. The van der Waals surface area contributed by atoms with Gasteiger partial charge in [-0.15, -0.1) is 0 Å². The number of hydrogen-bond acceptors (Lipinski definition) is 4. The van der Waals surface area contributed by atoms with E-state index in [2.05, 4.69) is 4.72 Å². The Bertz CT molecular complexity index is 680. The molecule has 0 aliphatic carbocycles. The Morgan fingerprint density at radius 2 is 1.91 bits per heavy atom. The molecule has 1 amide bonds. The van der Waals surface area contributed by atoms with Gasteiger partial charge in [-0.2, -0.15) is 0 Å². The predicted octanol–water partition coefficient (Wildman–Crippen LogP) is 1.90. The molecule has 6 nitrogen and oxygen atoms in total. The van der Waals surface area contributed by atoms with Crippen LogP contribution in [0.4, 0.5) is 4.79 Å². The molecule has 1 aliphatic rings. The Kier molecular flexibility index (Phi) is 5.01. The zero-order valence-electron chi connectivity index (χ0n) is 14.0. The van der Waals surface area contributed by atoms with Gasteiger partial charge in [0.1, 0.15) is 5.60 Å². The largest absolute Gasteiger partial charge is 0.444 e. The maximum atomic E-state index is 12.5. The SMILES string of the molecule is CC(C)(C)OC(=O)N1Cc2ccccc2C[C@H]1CNS(C)(=O)=O. The van der Waals surface area contributed by atoms with Crippen LogP contribution in [-0.4, -0.2) is 43.9 Å². The number of sulfonamides is 1. The Morgan fingerprint density at radius 1 is 1.30 bits per heavy atom. The Hall–Kier alpha value is -1.60. The van der Waals surface area contributed by atoms with E-state index in [1.807, 2.05) is 45.0 Å². The molecule has 1 N–H and O–H groups in total. The molecule has 7 heteroatoms. The molecule has 1 atom stereocenters. The van der Waals surface area contributed by atoms with Crippen LogP contribution >= 0.6 is 0 Å². The zero-order chi connectivity index (χ0) is 17.3. The summed E-state index contributed by atoms with van der Waals surface area (Å²) in [5.74, 6) is 0. The van der Waals surface area contributed by atoms with Crippen LogP contribution in [0.1, 0.15) is 31.9 Å². The first kappa shape index (κ1) is 17.7. The minimum Gasteiger partial charge on any atom is -0.444 e. The van der Waals surface area contributed by atoms with E-state index < -0.39 is 21.7 Å². The number of fused-ring (bicyclic) bond motifs is 1. The summed E-state index contributed by atoms with van der Waals surface area (Å²) in [6.07, 6.45) is 1.28. The predicted molar refractivity (Wildman–Crippen MR) is 88.6 cm³/mol. The van der Waals surface area contributed by atoms with Gasteiger partial charge in [-0.25, -0.2) is 17.9 Å². The third kappa shape index (κ3) is 5.21. The molecule has 0 radical (unpaired) electrons. The van der Waals surface area contributed by atoms with Crippen molar-refractivity contribution in [3.05, 3.63) is 35.4 Å². The maximum Gasteiger partial charge on any atom is 0.410 e. The Morgan fingerprint density at radius 3 is 2.48 bits per heavy atom. The van der Waals surface area contributed by atoms with Gasteiger partial charge in [0.15, 0.2) is 0 Å². The van der Waals surface area contributed by atoms with Crippen LogP contribution in [0.15, 0.2) is 24.3 Å². The first-order valence-corrected chi connectivity index (χ1v) is 9.45. The van der Waals surface area contributed by atoms with Gasteiger partial charge in [0.05, 0.1) is 12.3 Å². The third-order valence-corrected chi connectivity index (χ3v) is 4.26. The van der Waals surface area contributed by atoms with Gasteiger partial charge in [0, 0.05) is 13.1 Å². The number of carbonyl (C=O) groups excluding carboxylic acids is 1. The molecule has 1 aromatic carbocycles. The lowest BCUT2D eigenvalue weighted by atomic mass is 9.94. The molecular formula is C16H24N2O4S. The fourth-order valence-electron chi connectivity index (χ4n) is 2.55. The van der Waals surface area contributed by atoms with Gasteiger partial charge < -0.3 is 4.74 Å². The number of hydrogen-bond donors (Lipinski definition) is 1. The van der Waals surface area contributed by atoms with Crippen molar-refractivity contribution in [1.82, 2.24) is 9.62 Å². The number of amides is 1. The highest BCUT2D eigenvalue weighted by molar-refractivity contribution is 7.88. The van der Waals surface area contributed by atoms with Crippen molar-refractivity contribution in [2.45, 2.75) is 45.4 Å². The summed E-state index contributed by atoms with van der Waals surface area (Å²) in [5, 5.41) is 0. The summed E-state index contributed by atoms with van der Waals surface area (Å²) in [5.41, 5.74) is 1.60. The Balaban J connectivity index is 2.22. The molecule has 0 saturated heterocycles. The van der Waals surface area contributed by atoms with E-state index in [0.29, 0.717) is 13.0 Å². The molecule has 1 aliphatic heterocycles. The van der Waals surface area contributed by atoms with E-state index in [0.717, 1.165) is 17.4 Å². The summed E-state index contributed by atoms with van der Waals surface area (Å²) < 4.78 is 30.7. The molecule has 0 saturated carbocycles. The number of nitrogens with one attached hydrogen (secondary N) is 1. The van der Waals surface area contributed by atoms with Crippen molar-refractivity contribution in [3.8, 4) is 0 Å². The minimum absolute atomic E-state index is 0.173. The second-order valence-electron chi connectivity index (χ2n) is 6.86. The average molecular weight is 340 g/mol. The lowest BCUT2D eigenvalue weighted by Gasteiger charge is -2.37. The molecule has 128 valence electrons. The van der Waals surface area contributed by atoms with Crippen LogP contribution in [0, 0.1) is 0 Å². The van der Waals surface area contributed by atoms with E-state index in [1.165, 1.54) is 0 Å². The van der Waals surface area contributed by atoms with Crippen molar-refractivity contribution in [2.75, 3.05) is 12.8 Å². The smallest absolute Gasteiger partial charge is 0.410 e. The van der Waals surface area contributed by atoms with E-state index in [4.69, 9.17) is 4.74 Å². The molecule has 0 fully saturated rings. The van der Waals surface area contributed by atoms with Gasteiger partial charge in [0.2, 0.25) is 10.0 Å². The molecule has 23 heavy (non-hydrogen) atoms. The highest BCUT2D eigenvalue weighted by atomic mass is 32.2. The molecule has 2 rings (SSSR count). The molecule has 0 spiro atoms. The van der Waals surface area contributed by atoms with Crippen molar-refractivity contribution >= 4 is 16.1 Å². The monoisotopic (exact) mass is 340 g/mol. The Labute approximate surface area is 137 Å². The summed E-state index contributed by atoms with van der Waals surface area (Å²) in [6, 6.07) is 7.60.